The molecule has 106 valence electrons. The maximum absolute atomic E-state index is 5.41. The van der Waals surface area contributed by atoms with Crippen LogP contribution in [0.4, 0.5) is 0 Å². The van der Waals surface area contributed by atoms with Crippen LogP contribution in [0.5, 0.6) is 5.75 Å². The second kappa shape index (κ2) is 6.47. The Balaban J connectivity index is 0.000000704. The molecule has 6 heteroatoms. The summed E-state index contributed by atoms with van der Waals surface area (Å²) >= 11 is 1.61. The number of imidazole rings is 1. The summed E-state index contributed by atoms with van der Waals surface area (Å²) in [6.45, 7) is 6.03. The molecular formula is C14H18N4OS. The number of nitrogens with zero attached hydrogens (tertiary/aromatic N) is 3. The van der Waals surface area contributed by atoms with Gasteiger partial charge in [-0.15, -0.1) is 0 Å². The molecule has 0 fully saturated rings. The Bertz CT molecular complexity index is 676. The minimum Gasteiger partial charge on any atom is -0.495 e. The van der Waals surface area contributed by atoms with Crippen LogP contribution in [0.15, 0.2) is 40.6 Å². The summed E-state index contributed by atoms with van der Waals surface area (Å²) < 4.78 is 7.45. The Labute approximate surface area is 122 Å². The number of methoxy groups -OCH3 is 1. The fraction of sp³-hybridized carbons (Fsp3) is 0.286. The fourth-order valence-corrected chi connectivity index (χ4v) is 2.64. The Morgan fingerprint density at radius 2 is 2.10 bits per heavy atom. The van der Waals surface area contributed by atoms with E-state index in [1.54, 1.807) is 25.1 Å². The van der Waals surface area contributed by atoms with Gasteiger partial charge in [0.1, 0.15) is 11.4 Å². The lowest BCUT2D eigenvalue weighted by atomic mass is 10.4. The second-order valence-corrected chi connectivity index (χ2v) is 4.99. The molecule has 0 unspecified atom stereocenters. The van der Waals surface area contributed by atoms with E-state index in [1.807, 2.05) is 49.8 Å². The molecule has 0 radical (unpaired) electrons. The molecule has 0 atom stereocenters. The smallest absolute Gasteiger partial charge is 0.140 e. The Morgan fingerprint density at radius 3 is 2.75 bits per heavy atom. The fourth-order valence-electron chi connectivity index (χ4n) is 1.77. The highest BCUT2D eigenvalue weighted by atomic mass is 32.2. The van der Waals surface area contributed by atoms with Crippen molar-refractivity contribution in [2.75, 3.05) is 7.11 Å². The average molecular weight is 290 g/mol. The minimum atomic E-state index is 0.819. The Hall–Kier alpha value is -1.95. The van der Waals surface area contributed by atoms with E-state index in [0.29, 0.717) is 0 Å². The van der Waals surface area contributed by atoms with Gasteiger partial charge >= 0.3 is 0 Å². The maximum Gasteiger partial charge on any atom is 0.140 e. The summed E-state index contributed by atoms with van der Waals surface area (Å²) in [5, 5.41) is 6.74. The standard InChI is InChI=1S/C12H12N4OS.C2H6/c1-8-4-13-12-3-10(17-2)11(7-16(8)12)18-9-5-14-15-6-9;1-2/h3-7H,1-2H3,(H,14,15);1-2H3. The van der Waals surface area contributed by atoms with Gasteiger partial charge in [-0.05, 0) is 6.92 Å². The molecule has 0 saturated heterocycles. The molecule has 0 bridgehead atoms. The van der Waals surface area contributed by atoms with Crippen molar-refractivity contribution < 1.29 is 4.74 Å². The number of pyridine rings is 1. The number of aromatic nitrogens is 4. The van der Waals surface area contributed by atoms with Crippen molar-refractivity contribution in [3.8, 4) is 5.75 Å². The summed E-state index contributed by atoms with van der Waals surface area (Å²) in [6.07, 6.45) is 7.53. The number of aryl methyl sites for hydroxylation is 1. The molecule has 0 spiro atoms. The first kappa shape index (κ1) is 14.5. The number of ether oxygens (including phenoxy) is 1. The van der Waals surface area contributed by atoms with Gasteiger partial charge in [-0.3, -0.25) is 5.10 Å². The predicted octanol–water partition coefficient (Wildman–Crippen LogP) is 3.55. The molecule has 5 nitrogen and oxygen atoms in total. The predicted molar refractivity (Wildman–Crippen MR) is 80.5 cm³/mol. The van der Waals surface area contributed by atoms with Crippen molar-refractivity contribution in [1.29, 1.82) is 0 Å². The normalized spacial score (nSPS) is 10.2. The lowest BCUT2D eigenvalue weighted by Crippen LogP contribution is -1.93. The quantitative estimate of drug-likeness (QED) is 0.801. The van der Waals surface area contributed by atoms with Crippen LogP contribution in [0.2, 0.25) is 0 Å². The molecule has 3 rings (SSSR count). The molecule has 3 aromatic rings. The van der Waals surface area contributed by atoms with E-state index in [9.17, 15) is 0 Å². The van der Waals surface area contributed by atoms with E-state index in [2.05, 4.69) is 15.2 Å². The summed E-state index contributed by atoms with van der Waals surface area (Å²) in [5.41, 5.74) is 1.99. The van der Waals surface area contributed by atoms with Gasteiger partial charge in [-0.25, -0.2) is 4.98 Å². The number of fused-ring (bicyclic) bond motifs is 1. The van der Waals surface area contributed by atoms with Crippen LogP contribution in [0.3, 0.4) is 0 Å². The molecule has 20 heavy (non-hydrogen) atoms. The van der Waals surface area contributed by atoms with E-state index in [1.165, 1.54) is 0 Å². The number of rotatable bonds is 3. The van der Waals surface area contributed by atoms with Crippen LogP contribution in [0.1, 0.15) is 19.5 Å². The lowest BCUT2D eigenvalue weighted by Gasteiger charge is -2.08. The van der Waals surface area contributed by atoms with E-state index in [0.717, 1.165) is 26.9 Å². The molecule has 3 heterocycles. The SMILES string of the molecule is CC.COc1cc2ncc(C)n2cc1Sc1cn[nH]c1. The molecular weight excluding hydrogens is 272 g/mol. The van der Waals surface area contributed by atoms with Crippen LogP contribution in [-0.2, 0) is 0 Å². The van der Waals surface area contributed by atoms with Crippen molar-refractivity contribution in [3.63, 3.8) is 0 Å². The highest BCUT2D eigenvalue weighted by molar-refractivity contribution is 7.99. The van der Waals surface area contributed by atoms with E-state index in [-0.39, 0.29) is 0 Å². The van der Waals surface area contributed by atoms with Gasteiger partial charge in [0, 0.05) is 30.4 Å². The number of nitrogens with one attached hydrogen (secondary N) is 1. The van der Waals surface area contributed by atoms with Crippen molar-refractivity contribution in [2.24, 2.45) is 0 Å². The number of hydrogen-bond donors (Lipinski definition) is 1. The number of hydrogen-bond acceptors (Lipinski definition) is 4. The highest BCUT2D eigenvalue weighted by Gasteiger charge is 2.10. The Kier molecular flexibility index (Phi) is 4.68. The summed E-state index contributed by atoms with van der Waals surface area (Å²) in [6, 6.07) is 1.94. The first-order valence-corrected chi connectivity index (χ1v) is 7.28. The van der Waals surface area contributed by atoms with Crippen LogP contribution in [0.25, 0.3) is 5.65 Å². The highest BCUT2D eigenvalue weighted by Crippen LogP contribution is 2.35. The van der Waals surface area contributed by atoms with Crippen molar-refractivity contribution >= 4 is 17.4 Å². The first-order valence-electron chi connectivity index (χ1n) is 6.46. The molecule has 1 N–H and O–H groups in total. The first-order chi connectivity index (χ1) is 9.78. The molecule has 0 aliphatic heterocycles. The molecule has 0 aromatic carbocycles. The molecule has 3 aromatic heterocycles. The van der Waals surface area contributed by atoms with Gasteiger partial charge < -0.3 is 9.14 Å². The van der Waals surface area contributed by atoms with E-state index in [4.69, 9.17) is 4.74 Å². The monoisotopic (exact) mass is 290 g/mol. The van der Waals surface area contributed by atoms with Gasteiger partial charge in [-0.2, -0.15) is 5.10 Å². The van der Waals surface area contributed by atoms with Crippen LogP contribution >= 0.6 is 11.8 Å². The van der Waals surface area contributed by atoms with Gasteiger partial charge in [0.25, 0.3) is 0 Å². The van der Waals surface area contributed by atoms with Crippen LogP contribution in [-0.4, -0.2) is 26.7 Å². The molecule has 0 amide bonds. The Morgan fingerprint density at radius 1 is 1.30 bits per heavy atom. The third-order valence-electron chi connectivity index (χ3n) is 2.68. The third-order valence-corrected chi connectivity index (χ3v) is 3.67. The zero-order valence-corrected chi connectivity index (χ0v) is 12.9. The summed E-state index contributed by atoms with van der Waals surface area (Å²) in [5.74, 6) is 0.819. The molecule has 0 saturated carbocycles. The zero-order valence-electron chi connectivity index (χ0n) is 12.0. The summed E-state index contributed by atoms with van der Waals surface area (Å²) in [7, 11) is 1.67. The second-order valence-electron chi connectivity index (χ2n) is 3.87. The topological polar surface area (TPSA) is 55.2 Å². The number of aromatic amines is 1. The largest absolute Gasteiger partial charge is 0.495 e. The molecule has 0 aliphatic rings. The number of H-pyrrole nitrogens is 1. The van der Waals surface area contributed by atoms with Crippen molar-refractivity contribution in [2.45, 2.75) is 30.6 Å². The molecule has 0 aliphatic carbocycles. The van der Waals surface area contributed by atoms with Crippen molar-refractivity contribution in [1.82, 2.24) is 19.6 Å². The average Bonchev–Trinajstić information content (AvgIpc) is 3.11. The summed E-state index contributed by atoms with van der Waals surface area (Å²) in [4.78, 5) is 6.40. The van der Waals surface area contributed by atoms with Gasteiger partial charge in [0.2, 0.25) is 0 Å². The lowest BCUT2D eigenvalue weighted by molar-refractivity contribution is 0.404. The van der Waals surface area contributed by atoms with Crippen molar-refractivity contribution in [3.05, 3.63) is 36.5 Å². The van der Waals surface area contributed by atoms with Gasteiger partial charge in [0.05, 0.1) is 23.1 Å². The third kappa shape index (κ3) is 2.80. The maximum atomic E-state index is 5.41. The van der Waals surface area contributed by atoms with E-state index < -0.39 is 0 Å². The zero-order chi connectivity index (χ0) is 14.5. The van der Waals surface area contributed by atoms with Crippen LogP contribution in [0, 0.1) is 6.92 Å². The van der Waals surface area contributed by atoms with Gasteiger partial charge in [-0.1, -0.05) is 25.6 Å². The van der Waals surface area contributed by atoms with Gasteiger partial charge in [0.15, 0.2) is 0 Å². The minimum absolute atomic E-state index is 0.819. The van der Waals surface area contributed by atoms with E-state index >= 15 is 0 Å². The van der Waals surface area contributed by atoms with Crippen LogP contribution < -0.4 is 4.74 Å².